The predicted octanol–water partition coefficient (Wildman–Crippen LogP) is 5.88. The van der Waals surface area contributed by atoms with E-state index in [2.05, 4.69) is 15.6 Å². The Balaban J connectivity index is 1.07. The van der Waals surface area contributed by atoms with Crippen molar-refractivity contribution in [1.29, 1.82) is 0 Å². The lowest BCUT2D eigenvalue weighted by Gasteiger charge is -2.18. The molecule has 0 spiro atoms. The first-order chi connectivity index (χ1) is 20.8. The summed E-state index contributed by atoms with van der Waals surface area (Å²) >= 11 is 1.02. The number of imidazole rings is 1. The molecule has 2 N–H and O–H groups in total. The summed E-state index contributed by atoms with van der Waals surface area (Å²) < 4.78 is 13.2. The lowest BCUT2D eigenvalue weighted by atomic mass is 9.99. The number of benzene rings is 3. The number of nitrogens with one attached hydrogen (secondary N) is 2. The van der Waals surface area contributed by atoms with E-state index in [1.165, 1.54) is 6.20 Å². The van der Waals surface area contributed by atoms with Crippen molar-refractivity contribution in [2.75, 3.05) is 5.32 Å². The molecule has 10 nitrogen and oxygen atoms in total. The van der Waals surface area contributed by atoms with Crippen molar-refractivity contribution in [3.8, 4) is 17.2 Å². The van der Waals surface area contributed by atoms with E-state index in [1.807, 2.05) is 54.1 Å². The number of ether oxygens (including phenoxy) is 2. The molecule has 1 fully saturated rings. The number of fused-ring (bicyclic) bond motifs is 1. The third kappa shape index (κ3) is 6.21. The summed E-state index contributed by atoms with van der Waals surface area (Å²) in [5.41, 5.74) is 3.77. The van der Waals surface area contributed by atoms with E-state index >= 15 is 0 Å². The molecule has 1 saturated heterocycles. The highest BCUT2D eigenvalue weighted by Crippen LogP contribution is 2.35. The first-order valence-corrected chi connectivity index (χ1v) is 14.3. The number of amides is 3. The van der Waals surface area contributed by atoms with Gasteiger partial charge in [0, 0.05) is 31.2 Å². The van der Waals surface area contributed by atoms with Gasteiger partial charge in [-0.1, -0.05) is 12.1 Å². The summed E-state index contributed by atoms with van der Waals surface area (Å²) in [6.07, 6.45) is 3.58. The summed E-state index contributed by atoms with van der Waals surface area (Å²) in [5, 5.41) is 4.88. The molecule has 0 saturated carbocycles. The van der Waals surface area contributed by atoms with Crippen molar-refractivity contribution in [3.63, 3.8) is 0 Å². The Morgan fingerprint density at radius 2 is 1.74 bits per heavy atom. The van der Waals surface area contributed by atoms with Crippen LogP contribution in [0.3, 0.4) is 0 Å². The van der Waals surface area contributed by atoms with Crippen LogP contribution in [0.5, 0.6) is 17.2 Å². The van der Waals surface area contributed by atoms with Gasteiger partial charge < -0.3 is 19.4 Å². The van der Waals surface area contributed by atoms with Gasteiger partial charge in [0.15, 0.2) is 0 Å². The van der Waals surface area contributed by atoms with Crippen LogP contribution in [0.25, 0.3) is 11.0 Å². The van der Waals surface area contributed by atoms with Gasteiger partial charge in [-0.15, -0.1) is 0 Å². The third-order valence-electron chi connectivity index (χ3n) is 7.06. The number of aromatic nitrogens is 3. The SMILES string of the molecule is Cn1c(COc2ccc(C[C@@]3(C)SC(=O)NC3=O)cc2)nc2ccc(Oc3ccc(NC(=O)c4cccnc4)cc3)cc21. The minimum atomic E-state index is -0.809. The molecule has 3 aromatic carbocycles. The van der Waals surface area contributed by atoms with Gasteiger partial charge in [-0.2, -0.15) is 0 Å². The molecule has 43 heavy (non-hydrogen) atoms. The first kappa shape index (κ1) is 28.0. The molecule has 5 aromatic rings. The molecule has 0 bridgehead atoms. The average Bonchev–Trinajstić information content (AvgIpc) is 3.46. The molecule has 11 heteroatoms. The van der Waals surface area contributed by atoms with Gasteiger partial charge in [0.25, 0.3) is 11.1 Å². The summed E-state index contributed by atoms with van der Waals surface area (Å²) in [6.45, 7) is 2.03. The number of aryl methyl sites for hydroxylation is 1. The molecule has 216 valence electrons. The van der Waals surface area contributed by atoms with Crippen LogP contribution in [-0.4, -0.2) is 36.3 Å². The van der Waals surface area contributed by atoms with Gasteiger partial charge in [-0.25, -0.2) is 4.98 Å². The number of hydrogen-bond donors (Lipinski definition) is 2. The smallest absolute Gasteiger partial charge is 0.286 e. The van der Waals surface area contributed by atoms with Crippen molar-refractivity contribution in [3.05, 3.63) is 108 Å². The maximum atomic E-state index is 12.4. The fourth-order valence-corrected chi connectivity index (χ4v) is 5.65. The molecule has 1 aliphatic heterocycles. The maximum Gasteiger partial charge on any atom is 0.286 e. The number of imide groups is 1. The predicted molar refractivity (Wildman–Crippen MR) is 163 cm³/mol. The van der Waals surface area contributed by atoms with Gasteiger partial charge in [-0.3, -0.25) is 24.7 Å². The lowest BCUT2D eigenvalue weighted by molar-refractivity contribution is -0.121. The van der Waals surface area contributed by atoms with E-state index in [4.69, 9.17) is 14.5 Å². The summed E-state index contributed by atoms with van der Waals surface area (Å²) in [4.78, 5) is 44.8. The topological polar surface area (TPSA) is 124 Å². The summed E-state index contributed by atoms with van der Waals surface area (Å²) in [6, 6.07) is 23.7. The van der Waals surface area contributed by atoms with Crippen LogP contribution in [-0.2, 0) is 24.9 Å². The van der Waals surface area contributed by atoms with Gasteiger partial charge >= 0.3 is 0 Å². The molecule has 6 rings (SSSR count). The molecule has 1 atom stereocenters. The molecule has 3 heterocycles. The summed E-state index contributed by atoms with van der Waals surface area (Å²) in [5.74, 6) is 2.19. The number of carbonyl (C=O) groups is 3. The highest BCUT2D eigenvalue weighted by atomic mass is 32.2. The van der Waals surface area contributed by atoms with E-state index in [-0.39, 0.29) is 23.7 Å². The Kier molecular flexibility index (Phi) is 7.56. The quantitative estimate of drug-likeness (QED) is 0.217. The average molecular weight is 594 g/mol. The second kappa shape index (κ2) is 11.6. The van der Waals surface area contributed by atoms with Crippen LogP contribution in [0, 0.1) is 0 Å². The molecular weight excluding hydrogens is 566 g/mol. The summed E-state index contributed by atoms with van der Waals surface area (Å²) in [7, 11) is 1.92. The van der Waals surface area contributed by atoms with Crippen molar-refractivity contribution in [1.82, 2.24) is 19.9 Å². The van der Waals surface area contributed by atoms with Crippen molar-refractivity contribution < 1.29 is 23.9 Å². The van der Waals surface area contributed by atoms with Crippen LogP contribution in [0.2, 0.25) is 0 Å². The van der Waals surface area contributed by atoms with Gasteiger partial charge in [0.05, 0.1) is 16.6 Å². The van der Waals surface area contributed by atoms with Gasteiger partial charge in [-0.05, 0) is 91.3 Å². The minimum Gasteiger partial charge on any atom is -0.486 e. The Hall–Kier alpha value is -5.16. The van der Waals surface area contributed by atoms with E-state index in [0.717, 1.165) is 34.2 Å². The van der Waals surface area contributed by atoms with Gasteiger partial charge in [0.2, 0.25) is 5.91 Å². The molecular formula is C32H27N5O5S. The molecule has 0 radical (unpaired) electrons. The van der Waals surface area contributed by atoms with Crippen LogP contribution in [0.4, 0.5) is 10.5 Å². The van der Waals surface area contributed by atoms with E-state index in [9.17, 15) is 14.4 Å². The van der Waals surface area contributed by atoms with Crippen LogP contribution >= 0.6 is 11.8 Å². The largest absolute Gasteiger partial charge is 0.486 e. The molecule has 2 aromatic heterocycles. The van der Waals surface area contributed by atoms with Crippen molar-refractivity contribution in [2.45, 2.75) is 24.7 Å². The van der Waals surface area contributed by atoms with Crippen molar-refractivity contribution in [2.24, 2.45) is 7.05 Å². The number of carbonyl (C=O) groups excluding carboxylic acids is 3. The Morgan fingerprint density at radius 3 is 2.44 bits per heavy atom. The second-order valence-corrected chi connectivity index (χ2v) is 11.7. The van der Waals surface area contributed by atoms with E-state index < -0.39 is 4.75 Å². The number of nitrogens with zero attached hydrogens (tertiary/aromatic N) is 3. The number of anilines is 1. The molecule has 0 aliphatic carbocycles. The number of pyridine rings is 1. The van der Waals surface area contributed by atoms with E-state index in [1.54, 1.807) is 49.5 Å². The van der Waals surface area contributed by atoms with Gasteiger partial charge in [0.1, 0.15) is 34.4 Å². The molecule has 1 aliphatic rings. The first-order valence-electron chi connectivity index (χ1n) is 13.5. The minimum absolute atomic E-state index is 0.234. The zero-order valence-corrected chi connectivity index (χ0v) is 24.2. The highest BCUT2D eigenvalue weighted by Gasteiger charge is 2.43. The zero-order valence-electron chi connectivity index (χ0n) is 23.4. The molecule has 3 amide bonds. The maximum absolute atomic E-state index is 12.4. The number of rotatable bonds is 9. The van der Waals surface area contributed by atoms with Crippen LogP contribution in [0.15, 0.2) is 91.3 Å². The third-order valence-corrected chi connectivity index (χ3v) is 8.13. The normalized spacial score (nSPS) is 16.2. The zero-order chi connectivity index (χ0) is 30.0. The van der Waals surface area contributed by atoms with Crippen LogP contribution < -0.4 is 20.1 Å². The van der Waals surface area contributed by atoms with Crippen molar-refractivity contribution >= 4 is 45.5 Å². The fourth-order valence-electron chi connectivity index (χ4n) is 4.71. The standard InChI is InChI=1S/C32H27N5O5S/c1-32(30(39)36-31(40)43-32)17-20-5-9-23(10-6-20)41-19-28-35-26-14-13-25(16-27(26)37(28)2)42-24-11-7-22(8-12-24)34-29(38)21-4-3-15-33-18-21/h3-16,18H,17,19H2,1-2H3,(H,34,38)(H,36,39,40)/t32-/m1/s1. The Bertz CT molecular complexity index is 1820. The number of thioether (sulfide) groups is 1. The molecule has 0 unspecified atom stereocenters. The monoisotopic (exact) mass is 593 g/mol. The lowest BCUT2D eigenvalue weighted by Crippen LogP contribution is -2.35. The number of hydrogen-bond acceptors (Lipinski definition) is 8. The Labute approximate surface area is 251 Å². The Morgan fingerprint density at radius 1 is 1.00 bits per heavy atom. The van der Waals surface area contributed by atoms with E-state index in [0.29, 0.717) is 34.9 Å². The highest BCUT2D eigenvalue weighted by molar-refractivity contribution is 8.16. The van der Waals surface area contributed by atoms with Crippen LogP contribution in [0.1, 0.15) is 28.7 Å². The second-order valence-electron chi connectivity index (χ2n) is 10.2. The fraction of sp³-hybridized carbons (Fsp3) is 0.156.